The van der Waals surface area contributed by atoms with Gasteiger partial charge in [0.2, 0.25) is 5.88 Å². The van der Waals surface area contributed by atoms with Crippen molar-refractivity contribution in [2.45, 2.75) is 13.5 Å². The molecule has 6 nitrogen and oxygen atoms in total. The van der Waals surface area contributed by atoms with Crippen LogP contribution in [0.15, 0.2) is 59.3 Å². The van der Waals surface area contributed by atoms with E-state index in [0.29, 0.717) is 17.2 Å². The highest BCUT2D eigenvalue weighted by Crippen LogP contribution is 2.23. The van der Waals surface area contributed by atoms with Crippen LogP contribution in [0.3, 0.4) is 0 Å². The molecule has 0 amide bonds. The predicted molar refractivity (Wildman–Crippen MR) is 81.1 cm³/mol. The predicted octanol–water partition coefficient (Wildman–Crippen LogP) is 3.53. The molecule has 23 heavy (non-hydrogen) atoms. The first-order valence-corrected chi connectivity index (χ1v) is 6.99. The van der Waals surface area contributed by atoms with Crippen LogP contribution in [0.5, 0.6) is 11.6 Å². The zero-order chi connectivity index (χ0) is 16.1. The number of ether oxygens (including phenoxy) is 2. The molecule has 116 valence electrons. The van der Waals surface area contributed by atoms with Gasteiger partial charge in [0.05, 0.1) is 0 Å². The number of benzene rings is 1. The van der Waals surface area contributed by atoms with Gasteiger partial charge in [-0.1, -0.05) is 23.4 Å². The Kier molecular flexibility index (Phi) is 4.33. The van der Waals surface area contributed by atoms with Gasteiger partial charge in [-0.3, -0.25) is 0 Å². The first kappa shape index (κ1) is 14.8. The molecule has 0 saturated heterocycles. The summed E-state index contributed by atoms with van der Waals surface area (Å²) in [6, 6.07) is 14.1. The maximum Gasteiger partial charge on any atom is 0.344 e. The molecule has 0 saturated carbocycles. The van der Waals surface area contributed by atoms with Crippen molar-refractivity contribution in [1.82, 2.24) is 10.1 Å². The highest BCUT2D eigenvalue weighted by Gasteiger charge is 2.16. The molecule has 2 heterocycles. The second-order valence-corrected chi connectivity index (χ2v) is 4.78. The number of para-hydroxylation sites is 1. The number of esters is 1. The lowest BCUT2D eigenvalue weighted by Gasteiger charge is -2.09. The summed E-state index contributed by atoms with van der Waals surface area (Å²) < 4.78 is 15.8. The number of hydrogen-bond donors (Lipinski definition) is 0. The topological polar surface area (TPSA) is 74.5 Å². The number of carbonyl (C=O) groups is 1. The molecule has 0 aliphatic heterocycles. The van der Waals surface area contributed by atoms with E-state index in [-0.39, 0.29) is 18.1 Å². The molecule has 0 radical (unpaired) electrons. The Balaban J connectivity index is 1.72. The van der Waals surface area contributed by atoms with E-state index in [1.165, 1.54) is 0 Å². The molecule has 3 aromatic rings. The first-order valence-electron chi connectivity index (χ1n) is 6.99. The molecule has 0 fully saturated rings. The van der Waals surface area contributed by atoms with E-state index in [9.17, 15) is 4.79 Å². The van der Waals surface area contributed by atoms with Crippen molar-refractivity contribution in [2.75, 3.05) is 0 Å². The summed E-state index contributed by atoms with van der Waals surface area (Å²) in [5.41, 5.74) is 0.793. The molecule has 0 aliphatic rings. The molecule has 0 aliphatic carbocycles. The fourth-order valence-electron chi connectivity index (χ4n) is 1.93. The third kappa shape index (κ3) is 3.74. The van der Waals surface area contributed by atoms with Gasteiger partial charge in [-0.2, -0.15) is 0 Å². The van der Waals surface area contributed by atoms with Crippen molar-refractivity contribution < 1.29 is 18.8 Å². The Morgan fingerprint density at radius 2 is 2.00 bits per heavy atom. The van der Waals surface area contributed by atoms with Gasteiger partial charge in [0.15, 0.2) is 0 Å². The van der Waals surface area contributed by atoms with Gasteiger partial charge in [-0.15, -0.1) is 0 Å². The van der Waals surface area contributed by atoms with Crippen molar-refractivity contribution in [2.24, 2.45) is 0 Å². The van der Waals surface area contributed by atoms with Crippen molar-refractivity contribution in [3.05, 3.63) is 71.7 Å². The Morgan fingerprint density at radius 3 is 2.74 bits per heavy atom. The molecule has 0 unspecified atom stereocenters. The quantitative estimate of drug-likeness (QED) is 0.671. The lowest BCUT2D eigenvalue weighted by Crippen LogP contribution is -2.08. The summed E-state index contributed by atoms with van der Waals surface area (Å²) in [4.78, 5) is 16.3. The van der Waals surface area contributed by atoms with E-state index in [0.717, 1.165) is 0 Å². The van der Waals surface area contributed by atoms with Gasteiger partial charge < -0.3 is 14.0 Å². The maximum absolute atomic E-state index is 12.2. The minimum atomic E-state index is -0.537. The minimum Gasteiger partial charge on any atom is -0.455 e. The third-order valence-electron chi connectivity index (χ3n) is 2.98. The Labute approximate surface area is 132 Å². The van der Waals surface area contributed by atoms with Gasteiger partial charge in [-0.05, 0) is 31.2 Å². The van der Waals surface area contributed by atoms with Crippen LogP contribution in [0.2, 0.25) is 0 Å². The van der Waals surface area contributed by atoms with Crippen molar-refractivity contribution >= 4 is 5.97 Å². The summed E-state index contributed by atoms with van der Waals surface area (Å²) in [5, 5.41) is 3.77. The van der Waals surface area contributed by atoms with E-state index < -0.39 is 5.97 Å². The van der Waals surface area contributed by atoms with Crippen molar-refractivity contribution in [1.29, 1.82) is 0 Å². The van der Waals surface area contributed by atoms with Gasteiger partial charge in [0, 0.05) is 12.3 Å². The summed E-state index contributed by atoms with van der Waals surface area (Å²) in [6.45, 7) is 1.79. The number of hydrogen-bond acceptors (Lipinski definition) is 6. The van der Waals surface area contributed by atoms with Crippen molar-refractivity contribution in [3.63, 3.8) is 0 Å². The van der Waals surface area contributed by atoms with Crippen LogP contribution in [0.4, 0.5) is 0 Å². The standard InChI is InChI=1S/C17H14N2O4/c1-12-10-13(19-23-12)11-21-17(20)15-8-5-9-18-16(15)22-14-6-3-2-4-7-14/h2-10H,11H2,1H3. The summed E-state index contributed by atoms with van der Waals surface area (Å²) in [6.07, 6.45) is 1.55. The molecule has 0 spiro atoms. The zero-order valence-electron chi connectivity index (χ0n) is 12.4. The lowest BCUT2D eigenvalue weighted by molar-refractivity contribution is 0.0460. The summed E-state index contributed by atoms with van der Waals surface area (Å²) in [7, 11) is 0. The number of aromatic nitrogens is 2. The largest absolute Gasteiger partial charge is 0.455 e. The number of nitrogens with zero attached hydrogens (tertiary/aromatic N) is 2. The molecule has 0 atom stereocenters. The van der Waals surface area contributed by atoms with E-state index in [2.05, 4.69) is 10.1 Å². The monoisotopic (exact) mass is 310 g/mol. The first-order chi connectivity index (χ1) is 11.2. The third-order valence-corrected chi connectivity index (χ3v) is 2.98. The molecular formula is C17H14N2O4. The minimum absolute atomic E-state index is 0.0237. The lowest BCUT2D eigenvalue weighted by atomic mass is 10.2. The number of aryl methyl sites for hydroxylation is 1. The van der Waals surface area contributed by atoms with Crippen LogP contribution in [0.1, 0.15) is 21.8 Å². The molecule has 6 heteroatoms. The number of rotatable bonds is 5. The Bertz CT molecular complexity index is 799. The SMILES string of the molecule is Cc1cc(COC(=O)c2cccnc2Oc2ccccc2)no1. The van der Waals surface area contributed by atoms with Gasteiger partial charge in [0.1, 0.15) is 29.4 Å². The maximum atomic E-state index is 12.2. The average Bonchev–Trinajstić information content (AvgIpc) is 3.00. The van der Waals surface area contributed by atoms with E-state index in [1.807, 2.05) is 18.2 Å². The number of pyridine rings is 1. The van der Waals surface area contributed by atoms with Gasteiger partial charge >= 0.3 is 5.97 Å². The van der Waals surface area contributed by atoms with E-state index in [4.69, 9.17) is 14.0 Å². The summed E-state index contributed by atoms with van der Waals surface area (Å²) in [5.74, 6) is 0.905. The smallest absolute Gasteiger partial charge is 0.344 e. The normalized spacial score (nSPS) is 10.3. The molecule has 2 aromatic heterocycles. The summed E-state index contributed by atoms with van der Waals surface area (Å²) >= 11 is 0. The highest BCUT2D eigenvalue weighted by atomic mass is 16.5. The molecule has 1 aromatic carbocycles. The Morgan fingerprint density at radius 1 is 1.17 bits per heavy atom. The van der Waals surface area contributed by atoms with Crippen LogP contribution >= 0.6 is 0 Å². The molecule has 0 bridgehead atoms. The molecular weight excluding hydrogens is 296 g/mol. The van der Waals surface area contributed by atoms with Crippen LogP contribution in [0, 0.1) is 6.92 Å². The van der Waals surface area contributed by atoms with Gasteiger partial charge in [0.25, 0.3) is 0 Å². The molecule has 0 N–H and O–H groups in total. The molecule has 3 rings (SSSR count). The highest BCUT2D eigenvalue weighted by molar-refractivity contribution is 5.91. The Hall–Kier alpha value is -3.15. The fourth-order valence-corrected chi connectivity index (χ4v) is 1.93. The van der Waals surface area contributed by atoms with Gasteiger partial charge in [-0.25, -0.2) is 9.78 Å². The second-order valence-electron chi connectivity index (χ2n) is 4.78. The van der Waals surface area contributed by atoms with E-state index >= 15 is 0 Å². The average molecular weight is 310 g/mol. The second kappa shape index (κ2) is 6.74. The van der Waals surface area contributed by atoms with Crippen LogP contribution in [0.25, 0.3) is 0 Å². The van der Waals surface area contributed by atoms with Crippen LogP contribution in [-0.2, 0) is 11.3 Å². The van der Waals surface area contributed by atoms with Crippen LogP contribution in [-0.4, -0.2) is 16.1 Å². The number of carbonyl (C=O) groups excluding carboxylic acids is 1. The fraction of sp³-hybridized carbons (Fsp3) is 0.118. The van der Waals surface area contributed by atoms with Crippen LogP contribution < -0.4 is 4.74 Å². The van der Waals surface area contributed by atoms with E-state index in [1.54, 1.807) is 43.5 Å². The zero-order valence-corrected chi connectivity index (χ0v) is 12.4. The van der Waals surface area contributed by atoms with Crippen molar-refractivity contribution in [3.8, 4) is 11.6 Å².